The molecule has 1 rings (SSSR count). The summed E-state index contributed by atoms with van der Waals surface area (Å²) in [5.41, 5.74) is 0. The first-order valence-corrected chi connectivity index (χ1v) is 4.66. The maximum atomic E-state index is 11.1. The molecule has 0 aliphatic heterocycles. The first-order chi connectivity index (χ1) is 6.15. The zero-order valence-corrected chi connectivity index (χ0v) is 8.12. The summed E-state index contributed by atoms with van der Waals surface area (Å²) in [6.07, 6.45) is 2.18. The Morgan fingerprint density at radius 2 is 2.31 bits per heavy atom. The van der Waals surface area contributed by atoms with E-state index >= 15 is 0 Å². The molecule has 0 spiro atoms. The zero-order valence-electron chi connectivity index (χ0n) is 8.12. The number of methoxy groups -OCH3 is 1. The van der Waals surface area contributed by atoms with Crippen LogP contribution in [0.4, 0.5) is 0 Å². The van der Waals surface area contributed by atoms with E-state index in [-0.39, 0.29) is 18.1 Å². The third-order valence-electron chi connectivity index (χ3n) is 2.46. The summed E-state index contributed by atoms with van der Waals surface area (Å²) in [6, 6.07) is 0.0760. The van der Waals surface area contributed by atoms with Crippen LogP contribution >= 0.6 is 0 Å². The summed E-state index contributed by atoms with van der Waals surface area (Å²) in [5.74, 6) is -0.311. The number of carbonyl (C=O) groups excluding carboxylic acids is 1. The average Bonchev–Trinajstić information content (AvgIpc) is 2.51. The van der Waals surface area contributed by atoms with Gasteiger partial charge in [-0.05, 0) is 26.2 Å². The van der Waals surface area contributed by atoms with Crippen molar-refractivity contribution < 1.29 is 14.6 Å². The lowest BCUT2D eigenvalue weighted by Gasteiger charge is -2.20. The van der Waals surface area contributed by atoms with Crippen molar-refractivity contribution >= 4 is 5.91 Å². The van der Waals surface area contributed by atoms with Gasteiger partial charge in [0, 0.05) is 7.11 Å². The molecule has 0 heterocycles. The van der Waals surface area contributed by atoms with E-state index in [0.29, 0.717) is 0 Å². The SMILES string of the molecule is CO[C@@H]1CCC[C@H]1NC(=O)[C@H](C)O. The van der Waals surface area contributed by atoms with Crippen LogP contribution in [0.2, 0.25) is 0 Å². The summed E-state index contributed by atoms with van der Waals surface area (Å²) >= 11 is 0. The van der Waals surface area contributed by atoms with Gasteiger partial charge in [-0.15, -0.1) is 0 Å². The fourth-order valence-electron chi connectivity index (χ4n) is 1.68. The molecule has 4 nitrogen and oxygen atoms in total. The Hall–Kier alpha value is -0.610. The highest BCUT2D eigenvalue weighted by molar-refractivity contribution is 5.80. The summed E-state index contributed by atoms with van der Waals surface area (Å²) in [5, 5.41) is 11.8. The molecule has 0 saturated heterocycles. The number of hydrogen-bond donors (Lipinski definition) is 2. The largest absolute Gasteiger partial charge is 0.384 e. The molecule has 0 aromatic rings. The molecule has 76 valence electrons. The van der Waals surface area contributed by atoms with Gasteiger partial charge >= 0.3 is 0 Å². The summed E-state index contributed by atoms with van der Waals surface area (Å²) in [6.45, 7) is 1.46. The second-order valence-electron chi connectivity index (χ2n) is 3.50. The van der Waals surface area contributed by atoms with Gasteiger partial charge in [0.1, 0.15) is 6.10 Å². The van der Waals surface area contributed by atoms with Gasteiger partial charge in [-0.1, -0.05) is 0 Å². The standard InChI is InChI=1S/C9H17NO3/c1-6(11)9(12)10-7-4-3-5-8(7)13-2/h6-8,11H,3-5H2,1-2H3,(H,10,12)/t6-,7+,8+/m0/s1. The second kappa shape index (κ2) is 4.58. The fourth-order valence-corrected chi connectivity index (χ4v) is 1.68. The maximum Gasteiger partial charge on any atom is 0.248 e. The van der Waals surface area contributed by atoms with Crippen LogP contribution in [0, 0.1) is 0 Å². The zero-order chi connectivity index (χ0) is 9.84. The molecular weight excluding hydrogens is 170 g/mol. The van der Waals surface area contributed by atoms with Crippen LogP contribution in [-0.4, -0.2) is 36.4 Å². The van der Waals surface area contributed by atoms with Crippen molar-refractivity contribution in [1.82, 2.24) is 5.32 Å². The molecule has 1 fully saturated rings. The van der Waals surface area contributed by atoms with E-state index in [1.807, 2.05) is 0 Å². The van der Waals surface area contributed by atoms with E-state index < -0.39 is 6.10 Å². The number of ether oxygens (including phenoxy) is 1. The first-order valence-electron chi connectivity index (χ1n) is 4.66. The molecule has 0 aromatic heterocycles. The van der Waals surface area contributed by atoms with Crippen molar-refractivity contribution in [2.75, 3.05) is 7.11 Å². The van der Waals surface area contributed by atoms with Crippen LogP contribution in [0.1, 0.15) is 26.2 Å². The highest BCUT2D eigenvalue weighted by atomic mass is 16.5. The normalized spacial score (nSPS) is 30.1. The number of amides is 1. The smallest absolute Gasteiger partial charge is 0.248 e. The van der Waals surface area contributed by atoms with Gasteiger partial charge in [0.15, 0.2) is 0 Å². The van der Waals surface area contributed by atoms with E-state index in [1.165, 1.54) is 6.92 Å². The molecule has 3 atom stereocenters. The number of hydrogen-bond acceptors (Lipinski definition) is 3. The molecule has 0 bridgehead atoms. The van der Waals surface area contributed by atoms with Gasteiger partial charge in [-0.3, -0.25) is 4.79 Å². The predicted molar refractivity (Wildman–Crippen MR) is 48.3 cm³/mol. The van der Waals surface area contributed by atoms with Gasteiger partial charge in [0.2, 0.25) is 5.91 Å². The van der Waals surface area contributed by atoms with Crippen LogP contribution in [-0.2, 0) is 9.53 Å². The Balaban J connectivity index is 2.39. The molecule has 2 N–H and O–H groups in total. The number of carbonyl (C=O) groups is 1. The van der Waals surface area contributed by atoms with Crippen molar-refractivity contribution in [1.29, 1.82) is 0 Å². The van der Waals surface area contributed by atoms with Gasteiger partial charge in [-0.2, -0.15) is 0 Å². The highest BCUT2D eigenvalue weighted by Gasteiger charge is 2.28. The second-order valence-corrected chi connectivity index (χ2v) is 3.50. The van der Waals surface area contributed by atoms with Crippen LogP contribution < -0.4 is 5.32 Å². The summed E-state index contributed by atoms with van der Waals surface area (Å²) in [4.78, 5) is 11.1. The minimum Gasteiger partial charge on any atom is -0.384 e. The quantitative estimate of drug-likeness (QED) is 0.656. The van der Waals surface area contributed by atoms with E-state index in [1.54, 1.807) is 7.11 Å². The number of rotatable bonds is 3. The van der Waals surface area contributed by atoms with Crippen molar-refractivity contribution in [3.63, 3.8) is 0 Å². The van der Waals surface area contributed by atoms with E-state index in [4.69, 9.17) is 9.84 Å². The average molecular weight is 187 g/mol. The van der Waals surface area contributed by atoms with E-state index in [0.717, 1.165) is 19.3 Å². The third-order valence-corrected chi connectivity index (χ3v) is 2.46. The number of aliphatic hydroxyl groups excluding tert-OH is 1. The van der Waals surface area contributed by atoms with Crippen molar-refractivity contribution in [2.24, 2.45) is 0 Å². The Morgan fingerprint density at radius 1 is 1.62 bits per heavy atom. The van der Waals surface area contributed by atoms with Crippen molar-refractivity contribution in [3.8, 4) is 0 Å². The van der Waals surface area contributed by atoms with Crippen molar-refractivity contribution in [2.45, 2.75) is 44.4 Å². The molecule has 1 saturated carbocycles. The van der Waals surface area contributed by atoms with E-state index in [2.05, 4.69) is 5.32 Å². The molecule has 13 heavy (non-hydrogen) atoms. The Morgan fingerprint density at radius 3 is 2.85 bits per heavy atom. The third kappa shape index (κ3) is 2.67. The van der Waals surface area contributed by atoms with E-state index in [9.17, 15) is 4.79 Å². The minimum atomic E-state index is -0.932. The van der Waals surface area contributed by atoms with Crippen LogP contribution in [0.25, 0.3) is 0 Å². The maximum absolute atomic E-state index is 11.1. The molecule has 4 heteroatoms. The summed E-state index contributed by atoms with van der Waals surface area (Å²) in [7, 11) is 1.65. The number of aliphatic hydroxyl groups is 1. The monoisotopic (exact) mass is 187 g/mol. The van der Waals surface area contributed by atoms with Gasteiger partial charge in [0.05, 0.1) is 12.1 Å². The van der Waals surface area contributed by atoms with Gasteiger partial charge < -0.3 is 15.2 Å². The van der Waals surface area contributed by atoms with Gasteiger partial charge in [-0.25, -0.2) is 0 Å². The molecule has 1 aliphatic rings. The molecule has 1 aliphatic carbocycles. The lowest BCUT2D eigenvalue weighted by Crippen LogP contribution is -2.44. The van der Waals surface area contributed by atoms with Crippen LogP contribution in [0.15, 0.2) is 0 Å². The van der Waals surface area contributed by atoms with Crippen LogP contribution in [0.3, 0.4) is 0 Å². The lowest BCUT2D eigenvalue weighted by molar-refractivity contribution is -0.130. The lowest BCUT2D eigenvalue weighted by atomic mass is 10.2. The Labute approximate surface area is 78.3 Å². The van der Waals surface area contributed by atoms with Crippen molar-refractivity contribution in [3.05, 3.63) is 0 Å². The topological polar surface area (TPSA) is 58.6 Å². The first kappa shape index (κ1) is 10.5. The number of nitrogens with one attached hydrogen (secondary N) is 1. The van der Waals surface area contributed by atoms with Gasteiger partial charge in [0.25, 0.3) is 0 Å². The Bertz CT molecular complexity index is 182. The summed E-state index contributed by atoms with van der Waals surface area (Å²) < 4.78 is 5.21. The fraction of sp³-hybridized carbons (Fsp3) is 0.889. The highest BCUT2D eigenvalue weighted by Crippen LogP contribution is 2.21. The minimum absolute atomic E-state index is 0.0760. The molecular formula is C9H17NO3. The Kier molecular flexibility index (Phi) is 3.69. The predicted octanol–water partition coefficient (Wildman–Crippen LogP) is 0.0509. The molecule has 0 radical (unpaired) electrons. The molecule has 1 amide bonds. The van der Waals surface area contributed by atoms with Crippen LogP contribution in [0.5, 0.6) is 0 Å². The molecule has 0 unspecified atom stereocenters. The molecule has 0 aromatic carbocycles.